The average Bonchev–Trinajstić information content (AvgIpc) is 3.28. The molecule has 4 heterocycles. The van der Waals surface area contributed by atoms with Crippen LogP contribution < -0.4 is 0 Å². The zero-order chi connectivity index (χ0) is 17.4. The zero-order valence-corrected chi connectivity index (χ0v) is 14.4. The van der Waals surface area contributed by atoms with Crippen LogP contribution in [0.3, 0.4) is 0 Å². The highest BCUT2D eigenvalue weighted by molar-refractivity contribution is 5.91. The highest BCUT2D eigenvalue weighted by Gasteiger charge is 2.28. The molecule has 130 valence electrons. The van der Waals surface area contributed by atoms with Crippen molar-refractivity contribution in [2.45, 2.75) is 38.5 Å². The molecular weight excluding hydrogens is 318 g/mol. The molecule has 1 N–H and O–H groups in total. The molecule has 1 aliphatic heterocycles. The third-order valence-corrected chi connectivity index (χ3v) is 4.83. The van der Waals surface area contributed by atoms with Crippen molar-refractivity contribution in [3.8, 4) is 0 Å². The Labute approximate surface area is 145 Å². The van der Waals surface area contributed by atoms with Crippen LogP contribution in [0.5, 0.6) is 0 Å². The first-order valence-electron chi connectivity index (χ1n) is 8.67. The van der Waals surface area contributed by atoms with Gasteiger partial charge in [-0.15, -0.1) is 0 Å². The number of hydrogen-bond donors (Lipinski definition) is 1. The molecule has 0 aromatic carbocycles. The lowest BCUT2D eigenvalue weighted by Crippen LogP contribution is -2.37. The van der Waals surface area contributed by atoms with Crippen LogP contribution in [-0.4, -0.2) is 44.0 Å². The van der Waals surface area contributed by atoms with Gasteiger partial charge >= 0.3 is 0 Å². The van der Waals surface area contributed by atoms with Gasteiger partial charge in [0.2, 0.25) is 5.76 Å². The fourth-order valence-corrected chi connectivity index (χ4v) is 3.30. The molecule has 0 spiro atoms. The monoisotopic (exact) mass is 339 g/mol. The zero-order valence-electron chi connectivity index (χ0n) is 14.4. The topological polar surface area (TPSA) is 87.9 Å². The van der Waals surface area contributed by atoms with Crippen LogP contribution in [0.25, 0.3) is 11.2 Å². The molecule has 0 radical (unpaired) electrons. The molecule has 4 rings (SSSR count). The van der Waals surface area contributed by atoms with Crippen molar-refractivity contribution in [1.29, 1.82) is 0 Å². The fraction of sp³-hybridized carbons (Fsp3) is 0.444. The number of piperidine rings is 1. The highest BCUT2D eigenvalue weighted by atomic mass is 16.5. The van der Waals surface area contributed by atoms with Crippen molar-refractivity contribution in [3.63, 3.8) is 0 Å². The lowest BCUT2D eigenvalue weighted by molar-refractivity contribution is 0.0670. The smallest absolute Gasteiger partial charge is 0.292 e. The Bertz CT molecular complexity index is 857. The van der Waals surface area contributed by atoms with E-state index in [1.54, 1.807) is 18.5 Å². The molecule has 0 aliphatic carbocycles. The van der Waals surface area contributed by atoms with E-state index in [2.05, 4.69) is 26.2 Å². The first-order chi connectivity index (χ1) is 12.1. The van der Waals surface area contributed by atoms with Crippen molar-refractivity contribution >= 4 is 17.1 Å². The molecule has 0 atom stereocenters. The number of aromatic amines is 1. The summed E-state index contributed by atoms with van der Waals surface area (Å²) in [6, 6.07) is 3.82. The van der Waals surface area contributed by atoms with Crippen LogP contribution in [0.1, 0.15) is 60.5 Å². The van der Waals surface area contributed by atoms with E-state index in [0.717, 1.165) is 35.4 Å². The van der Waals surface area contributed by atoms with E-state index in [-0.39, 0.29) is 11.8 Å². The Hall–Kier alpha value is -2.70. The summed E-state index contributed by atoms with van der Waals surface area (Å²) in [5.41, 5.74) is 3.67. The van der Waals surface area contributed by atoms with Crippen LogP contribution in [0.15, 0.2) is 29.0 Å². The Morgan fingerprint density at radius 3 is 2.68 bits per heavy atom. The van der Waals surface area contributed by atoms with Gasteiger partial charge in [0.1, 0.15) is 5.52 Å². The van der Waals surface area contributed by atoms with E-state index < -0.39 is 0 Å². The van der Waals surface area contributed by atoms with Gasteiger partial charge in [0.05, 0.1) is 5.69 Å². The van der Waals surface area contributed by atoms with Crippen molar-refractivity contribution in [1.82, 2.24) is 25.0 Å². The number of H-pyrrole nitrogens is 1. The Morgan fingerprint density at radius 2 is 2.00 bits per heavy atom. The van der Waals surface area contributed by atoms with Gasteiger partial charge in [-0.3, -0.25) is 9.78 Å². The van der Waals surface area contributed by atoms with Gasteiger partial charge in [-0.25, -0.2) is 4.98 Å². The number of carbonyl (C=O) groups excluding carboxylic acids is 1. The van der Waals surface area contributed by atoms with Crippen LogP contribution in [0, 0.1) is 0 Å². The van der Waals surface area contributed by atoms with Crippen molar-refractivity contribution in [2.24, 2.45) is 0 Å². The lowest BCUT2D eigenvalue weighted by atomic mass is 9.93. The van der Waals surface area contributed by atoms with Gasteiger partial charge in [0.25, 0.3) is 5.91 Å². The molecule has 1 saturated heterocycles. The molecule has 1 amide bonds. The van der Waals surface area contributed by atoms with Gasteiger partial charge in [-0.1, -0.05) is 19.0 Å². The summed E-state index contributed by atoms with van der Waals surface area (Å²) in [5.74, 6) is 0.903. The largest absolute Gasteiger partial charge is 0.351 e. The summed E-state index contributed by atoms with van der Waals surface area (Å²) in [6.45, 7) is 5.47. The lowest BCUT2D eigenvalue weighted by Gasteiger charge is -2.30. The minimum absolute atomic E-state index is 0.0715. The van der Waals surface area contributed by atoms with E-state index in [1.807, 2.05) is 18.7 Å². The second-order valence-electron chi connectivity index (χ2n) is 6.85. The number of nitrogens with one attached hydrogen (secondary N) is 1. The summed E-state index contributed by atoms with van der Waals surface area (Å²) in [4.78, 5) is 26.4. The number of hydrogen-bond acceptors (Lipinski definition) is 5. The van der Waals surface area contributed by atoms with Gasteiger partial charge in [-0.2, -0.15) is 0 Å². The second kappa shape index (κ2) is 6.31. The summed E-state index contributed by atoms with van der Waals surface area (Å²) < 4.78 is 5.23. The van der Waals surface area contributed by atoms with Crippen LogP contribution >= 0.6 is 0 Å². The summed E-state index contributed by atoms with van der Waals surface area (Å²) >= 11 is 0. The summed E-state index contributed by atoms with van der Waals surface area (Å²) in [7, 11) is 0. The quantitative estimate of drug-likeness (QED) is 0.792. The Balaban J connectivity index is 1.42. The highest BCUT2D eigenvalue weighted by Crippen LogP contribution is 2.29. The van der Waals surface area contributed by atoms with Crippen LogP contribution in [0.4, 0.5) is 0 Å². The van der Waals surface area contributed by atoms with Gasteiger partial charge in [0, 0.05) is 43.2 Å². The van der Waals surface area contributed by atoms with Crippen molar-refractivity contribution in [3.05, 3.63) is 41.7 Å². The van der Waals surface area contributed by atoms with E-state index in [9.17, 15) is 4.79 Å². The molecule has 3 aromatic rings. The summed E-state index contributed by atoms with van der Waals surface area (Å²) in [6.07, 6.45) is 5.20. The fourth-order valence-electron chi connectivity index (χ4n) is 3.30. The third-order valence-electron chi connectivity index (χ3n) is 4.83. The number of likely N-dealkylation sites (tertiary alicyclic amines) is 1. The van der Waals surface area contributed by atoms with E-state index in [0.29, 0.717) is 24.8 Å². The van der Waals surface area contributed by atoms with Gasteiger partial charge in [0.15, 0.2) is 5.65 Å². The number of amides is 1. The van der Waals surface area contributed by atoms with Crippen LogP contribution in [-0.2, 0) is 0 Å². The molecule has 1 fully saturated rings. The van der Waals surface area contributed by atoms with Gasteiger partial charge < -0.3 is 14.4 Å². The minimum atomic E-state index is -0.0715. The predicted octanol–water partition coefficient (Wildman–Crippen LogP) is 3.09. The number of rotatable bonds is 3. The number of fused-ring (bicyclic) bond motifs is 1. The first kappa shape index (κ1) is 15.8. The van der Waals surface area contributed by atoms with Crippen LogP contribution in [0.2, 0.25) is 0 Å². The van der Waals surface area contributed by atoms with E-state index in [1.165, 1.54) is 0 Å². The first-order valence-corrected chi connectivity index (χ1v) is 8.67. The molecule has 0 unspecified atom stereocenters. The maximum atomic E-state index is 12.6. The molecule has 1 aliphatic rings. The third kappa shape index (κ3) is 3.01. The number of aromatic nitrogens is 4. The average molecular weight is 339 g/mol. The van der Waals surface area contributed by atoms with Crippen molar-refractivity contribution in [2.75, 3.05) is 13.1 Å². The Morgan fingerprint density at radius 1 is 1.24 bits per heavy atom. The SMILES string of the molecule is CC(C)c1cc(C(=O)N2CCC(c3cc4nccnc4[nH]3)CC2)on1. The summed E-state index contributed by atoms with van der Waals surface area (Å²) in [5, 5.41) is 3.98. The van der Waals surface area contributed by atoms with E-state index >= 15 is 0 Å². The molecule has 7 nitrogen and oxygen atoms in total. The maximum Gasteiger partial charge on any atom is 0.292 e. The number of carbonyl (C=O) groups is 1. The van der Waals surface area contributed by atoms with Gasteiger partial charge in [-0.05, 0) is 24.8 Å². The molecular formula is C18H21N5O2. The molecule has 0 bridgehead atoms. The molecule has 3 aromatic heterocycles. The van der Waals surface area contributed by atoms with E-state index in [4.69, 9.17) is 4.52 Å². The second-order valence-corrected chi connectivity index (χ2v) is 6.85. The molecule has 0 saturated carbocycles. The standard InChI is InChI=1S/C18H21N5O2/c1-11(2)13-10-16(25-22-13)18(24)23-7-3-12(4-8-23)14-9-15-17(21-14)20-6-5-19-15/h5-6,9-12H,3-4,7-8H2,1-2H3,(H,20,21). The molecule has 25 heavy (non-hydrogen) atoms. The molecule has 7 heteroatoms. The predicted molar refractivity (Wildman–Crippen MR) is 92.4 cm³/mol. The normalized spacial score (nSPS) is 16.0. The Kier molecular flexibility index (Phi) is 3.99. The minimum Gasteiger partial charge on any atom is -0.351 e. The maximum absolute atomic E-state index is 12.6. The number of nitrogens with zero attached hydrogens (tertiary/aromatic N) is 4. The van der Waals surface area contributed by atoms with Crippen molar-refractivity contribution < 1.29 is 9.32 Å².